The van der Waals surface area contributed by atoms with Crippen LogP contribution in [0.5, 0.6) is 5.75 Å². The molecule has 0 spiro atoms. The fourth-order valence-electron chi connectivity index (χ4n) is 2.51. The summed E-state index contributed by atoms with van der Waals surface area (Å²) in [6.45, 7) is 1.85. The van der Waals surface area contributed by atoms with Gasteiger partial charge in [0.25, 0.3) is 0 Å². The lowest BCUT2D eigenvalue weighted by Crippen LogP contribution is -2.23. The minimum Gasteiger partial charge on any atom is -0.487 e. The Morgan fingerprint density at radius 2 is 2.25 bits per heavy atom. The highest BCUT2D eigenvalue weighted by atomic mass is 35.5. The first kappa shape index (κ1) is 16.5. The normalized spacial score (nSPS) is 17.5. The molecule has 1 aliphatic rings. The lowest BCUT2D eigenvalue weighted by atomic mass is 10.2. The lowest BCUT2D eigenvalue weighted by Gasteiger charge is -2.17. The van der Waals surface area contributed by atoms with Crippen molar-refractivity contribution in [3.63, 3.8) is 0 Å². The van der Waals surface area contributed by atoms with E-state index in [0.717, 1.165) is 19.5 Å². The summed E-state index contributed by atoms with van der Waals surface area (Å²) < 4.78 is 6.01. The van der Waals surface area contributed by atoms with E-state index in [0.29, 0.717) is 22.3 Å². The Balaban J connectivity index is 1.69. The van der Waals surface area contributed by atoms with Crippen LogP contribution in [0.15, 0.2) is 36.8 Å². The van der Waals surface area contributed by atoms with Gasteiger partial charge in [-0.2, -0.15) is 0 Å². The number of urea groups is 1. The molecule has 1 unspecified atom stereocenters. The van der Waals surface area contributed by atoms with Crippen LogP contribution in [0.3, 0.4) is 0 Å². The quantitative estimate of drug-likeness (QED) is 0.889. The van der Waals surface area contributed by atoms with E-state index in [2.05, 4.69) is 32.5 Å². The first-order valence-electron chi connectivity index (χ1n) is 7.59. The topological polar surface area (TPSA) is 79.4 Å². The van der Waals surface area contributed by atoms with E-state index in [4.69, 9.17) is 16.3 Å². The van der Waals surface area contributed by atoms with Crippen molar-refractivity contribution >= 4 is 29.1 Å². The summed E-state index contributed by atoms with van der Waals surface area (Å²) in [6.07, 6.45) is 5.54. The number of carbonyl (C=O) groups is 1. The van der Waals surface area contributed by atoms with Gasteiger partial charge in [0.05, 0.1) is 11.9 Å². The van der Waals surface area contributed by atoms with Crippen molar-refractivity contribution in [1.29, 1.82) is 0 Å². The molecule has 0 saturated carbocycles. The molecule has 0 bridgehead atoms. The molecule has 1 atom stereocenters. The third kappa shape index (κ3) is 4.33. The van der Waals surface area contributed by atoms with Crippen LogP contribution < -0.4 is 15.4 Å². The molecule has 2 amide bonds. The maximum Gasteiger partial charge on any atom is 0.325 e. The molecule has 1 aromatic heterocycles. The smallest absolute Gasteiger partial charge is 0.325 e. The van der Waals surface area contributed by atoms with E-state index in [1.807, 2.05) is 0 Å². The zero-order valence-electron chi connectivity index (χ0n) is 13.2. The highest BCUT2D eigenvalue weighted by Crippen LogP contribution is 2.30. The average molecular weight is 348 g/mol. The largest absolute Gasteiger partial charge is 0.487 e. The summed E-state index contributed by atoms with van der Waals surface area (Å²) in [7, 11) is 2.05. The summed E-state index contributed by atoms with van der Waals surface area (Å²) in [5.74, 6) is 0.950. The van der Waals surface area contributed by atoms with Gasteiger partial charge < -0.3 is 15.0 Å². The van der Waals surface area contributed by atoms with Crippen molar-refractivity contribution in [2.24, 2.45) is 0 Å². The molecular weight excluding hydrogens is 330 g/mol. The van der Waals surface area contributed by atoms with Crippen LogP contribution in [-0.2, 0) is 0 Å². The van der Waals surface area contributed by atoms with Crippen LogP contribution in [-0.4, -0.2) is 47.1 Å². The van der Waals surface area contributed by atoms with Gasteiger partial charge in [0.15, 0.2) is 5.82 Å². The highest BCUT2D eigenvalue weighted by Gasteiger charge is 2.22. The number of nitrogens with zero attached hydrogens (tertiary/aromatic N) is 3. The number of hydrogen-bond donors (Lipinski definition) is 2. The molecular formula is C16H18ClN5O2. The molecule has 1 aliphatic heterocycles. The van der Waals surface area contributed by atoms with Crippen LogP contribution in [0.25, 0.3) is 0 Å². The van der Waals surface area contributed by atoms with Crippen LogP contribution in [0.1, 0.15) is 6.42 Å². The average Bonchev–Trinajstić information content (AvgIpc) is 2.96. The number of likely N-dealkylation sites (N-methyl/N-ethyl adjacent to an activating group) is 1. The van der Waals surface area contributed by atoms with Crippen LogP contribution in [0, 0.1) is 0 Å². The molecule has 2 N–H and O–H groups in total. The Kier molecular flexibility index (Phi) is 5.12. The SMILES string of the molecule is CN1CCC(Oc2ccc(Cl)cc2NC(=O)Nc2cnccn2)C1. The number of amides is 2. The number of carbonyl (C=O) groups excluding carboxylic acids is 1. The number of likely N-dealkylation sites (tertiary alicyclic amines) is 1. The van der Waals surface area contributed by atoms with Gasteiger partial charge in [-0.3, -0.25) is 10.3 Å². The fraction of sp³-hybridized carbons (Fsp3) is 0.312. The molecule has 1 saturated heterocycles. The third-order valence-corrected chi connectivity index (χ3v) is 3.87. The predicted molar refractivity (Wildman–Crippen MR) is 92.7 cm³/mol. The maximum absolute atomic E-state index is 12.1. The molecule has 8 heteroatoms. The Hall–Kier alpha value is -2.38. The lowest BCUT2D eigenvalue weighted by molar-refractivity contribution is 0.209. The molecule has 2 heterocycles. The van der Waals surface area contributed by atoms with E-state index in [9.17, 15) is 4.79 Å². The van der Waals surface area contributed by atoms with Crippen LogP contribution in [0.2, 0.25) is 5.02 Å². The predicted octanol–water partition coefficient (Wildman–Crippen LogP) is 2.86. The van der Waals surface area contributed by atoms with Gasteiger partial charge in [0.1, 0.15) is 11.9 Å². The molecule has 2 aromatic rings. The summed E-state index contributed by atoms with van der Waals surface area (Å²) in [4.78, 5) is 22.2. The molecule has 1 aromatic carbocycles. The van der Waals surface area contributed by atoms with Gasteiger partial charge >= 0.3 is 6.03 Å². The number of ether oxygens (including phenoxy) is 1. The summed E-state index contributed by atoms with van der Waals surface area (Å²) in [5, 5.41) is 5.87. The van der Waals surface area contributed by atoms with Gasteiger partial charge in [0, 0.05) is 30.5 Å². The number of anilines is 2. The van der Waals surface area contributed by atoms with Crippen molar-refractivity contribution in [2.45, 2.75) is 12.5 Å². The van der Waals surface area contributed by atoms with Gasteiger partial charge in [-0.15, -0.1) is 0 Å². The second-order valence-electron chi connectivity index (χ2n) is 5.60. The van der Waals surface area contributed by atoms with Crippen LogP contribution >= 0.6 is 11.6 Å². The second-order valence-corrected chi connectivity index (χ2v) is 6.04. The van der Waals surface area contributed by atoms with E-state index in [-0.39, 0.29) is 6.10 Å². The number of aromatic nitrogens is 2. The van der Waals surface area contributed by atoms with Crippen molar-refractivity contribution in [3.8, 4) is 5.75 Å². The molecule has 3 rings (SSSR count). The monoisotopic (exact) mass is 347 g/mol. The third-order valence-electron chi connectivity index (χ3n) is 3.64. The number of hydrogen-bond acceptors (Lipinski definition) is 5. The summed E-state index contributed by atoms with van der Waals surface area (Å²) >= 11 is 6.04. The number of nitrogens with one attached hydrogen (secondary N) is 2. The van der Waals surface area contributed by atoms with Gasteiger partial charge in [-0.25, -0.2) is 9.78 Å². The van der Waals surface area contributed by atoms with Crippen molar-refractivity contribution in [3.05, 3.63) is 41.8 Å². The minimum atomic E-state index is -0.439. The highest BCUT2D eigenvalue weighted by molar-refractivity contribution is 6.31. The second kappa shape index (κ2) is 7.46. The first-order valence-corrected chi connectivity index (χ1v) is 7.97. The maximum atomic E-state index is 12.1. The van der Waals surface area contributed by atoms with E-state index < -0.39 is 6.03 Å². The zero-order chi connectivity index (χ0) is 16.9. The molecule has 0 radical (unpaired) electrons. The van der Waals surface area contributed by atoms with E-state index in [1.54, 1.807) is 18.2 Å². The van der Waals surface area contributed by atoms with Crippen molar-refractivity contribution < 1.29 is 9.53 Å². The minimum absolute atomic E-state index is 0.0970. The van der Waals surface area contributed by atoms with Crippen molar-refractivity contribution in [1.82, 2.24) is 14.9 Å². The number of benzene rings is 1. The summed E-state index contributed by atoms with van der Waals surface area (Å²) in [6, 6.07) is 4.72. The van der Waals surface area contributed by atoms with Crippen LogP contribution in [0.4, 0.5) is 16.3 Å². The number of rotatable bonds is 4. The molecule has 1 fully saturated rings. The molecule has 7 nitrogen and oxygen atoms in total. The van der Waals surface area contributed by atoms with Gasteiger partial charge in [0.2, 0.25) is 0 Å². The standard InChI is InChI=1S/C16H18ClN5O2/c1-22-7-4-12(10-22)24-14-3-2-11(17)8-13(14)20-16(23)21-15-9-18-5-6-19-15/h2-3,5-6,8-9,12H,4,7,10H2,1H3,(H2,19,20,21,23). The Morgan fingerprint density at radius 3 is 2.96 bits per heavy atom. The van der Waals surface area contributed by atoms with Crippen molar-refractivity contribution in [2.75, 3.05) is 30.8 Å². The molecule has 24 heavy (non-hydrogen) atoms. The zero-order valence-corrected chi connectivity index (χ0v) is 14.0. The van der Waals surface area contributed by atoms with E-state index in [1.165, 1.54) is 18.6 Å². The van der Waals surface area contributed by atoms with Gasteiger partial charge in [-0.1, -0.05) is 11.6 Å². The Bertz CT molecular complexity index is 713. The summed E-state index contributed by atoms with van der Waals surface area (Å²) in [5.41, 5.74) is 0.512. The van der Waals surface area contributed by atoms with E-state index >= 15 is 0 Å². The Morgan fingerprint density at radius 1 is 1.38 bits per heavy atom. The fourth-order valence-corrected chi connectivity index (χ4v) is 2.68. The number of halogens is 1. The molecule has 126 valence electrons. The first-order chi connectivity index (χ1) is 11.6. The Labute approximate surface area is 145 Å². The molecule has 0 aliphatic carbocycles. The van der Waals surface area contributed by atoms with Gasteiger partial charge in [-0.05, 0) is 31.7 Å².